The number of urea groups is 1. The van der Waals surface area contributed by atoms with Gasteiger partial charge in [0.25, 0.3) is 0 Å². The van der Waals surface area contributed by atoms with Crippen LogP contribution in [-0.4, -0.2) is 52.3 Å². The average Bonchev–Trinajstić information content (AvgIpc) is 3.03. The third kappa shape index (κ3) is 3.87. The van der Waals surface area contributed by atoms with E-state index in [1.54, 1.807) is 20.8 Å². The largest absolute Gasteiger partial charge is 0.480 e. The van der Waals surface area contributed by atoms with Crippen LogP contribution in [0.4, 0.5) is 4.79 Å². The molecule has 1 aliphatic rings. The number of amides is 2. The Balaban J connectivity index is 2.67. The molecule has 0 aromatic carbocycles. The molecule has 1 fully saturated rings. The number of aliphatic hydroxyl groups excluding tert-OH is 1. The predicted octanol–water partition coefficient (Wildman–Crippen LogP) is 0.652. The quantitative estimate of drug-likeness (QED) is 0.675. The lowest BCUT2D eigenvalue weighted by atomic mass is 9.87. The van der Waals surface area contributed by atoms with Gasteiger partial charge in [0.1, 0.15) is 6.04 Å². The van der Waals surface area contributed by atoms with Gasteiger partial charge in [0.05, 0.1) is 6.61 Å². The fourth-order valence-corrected chi connectivity index (χ4v) is 1.80. The lowest BCUT2D eigenvalue weighted by Crippen LogP contribution is -2.54. The van der Waals surface area contributed by atoms with Crippen LogP contribution < -0.4 is 5.32 Å². The highest BCUT2D eigenvalue weighted by Gasteiger charge is 2.37. The van der Waals surface area contributed by atoms with Crippen molar-refractivity contribution < 1.29 is 19.8 Å². The summed E-state index contributed by atoms with van der Waals surface area (Å²) in [6.07, 6.45) is 1.83. The van der Waals surface area contributed by atoms with Crippen molar-refractivity contribution in [1.82, 2.24) is 10.2 Å². The molecule has 0 spiro atoms. The number of carboxylic acids is 1. The highest BCUT2D eigenvalue weighted by atomic mass is 16.4. The Morgan fingerprint density at radius 3 is 2.28 bits per heavy atom. The number of nitrogens with zero attached hydrogens (tertiary/aromatic N) is 1. The summed E-state index contributed by atoms with van der Waals surface area (Å²) in [4.78, 5) is 24.7. The minimum Gasteiger partial charge on any atom is -0.480 e. The van der Waals surface area contributed by atoms with Gasteiger partial charge in [-0.1, -0.05) is 20.8 Å². The van der Waals surface area contributed by atoms with Crippen molar-refractivity contribution in [2.75, 3.05) is 13.2 Å². The van der Waals surface area contributed by atoms with E-state index in [-0.39, 0.29) is 19.2 Å². The summed E-state index contributed by atoms with van der Waals surface area (Å²) in [7, 11) is 0. The van der Waals surface area contributed by atoms with Crippen LogP contribution in [0.5, 0.6) is 0 Å². The SMILES string of the molecule is CC(C)(C)C(NC(=O)N(CCO)C1CC1)C(=O)O. The minimum atomic E-state index is -1.05. The molecule has 104 valence electrons. The molecule has 6 heteroatoms. The maximum absolute atomic E-state index is 12.0. The molecule has 1 rings (SSSR count). The Morgan fingerprint density at radius 1 is 1.39 bits per heavy atom. The summed E-state index contributed by atoms with van der Waals surface area (Å²) in [5.41, 5.74) is -0.560. The topological polar surface area (TPSA) is 89.9 Å². The molecule has 0 radical (unpaired) electrons. The van der Waals surface area contributed by atoms with Crippen LogP contribution in [0.25, 0.3) is 0 Å². The maximum atomic E-state index is 12.0. The minimum absolute atomic E-state index is 0.114. The molecule has 0 bridgehead atoms. The molecule has 1 unspecified atom stereocenters. The van der Waals surface area contributed by atoms with Crippen molar-refractivity contribution in [2.24, 2.45) is 5.41 Å². The first-order chi connectivity index (χ1) is 8.27. The first-order valence-electron chi connectivity index (χ1n) is 6.18. The third-order valence-electron chi connectivity index (χ3n) is 2.97. The molecule has 6 nitrogen and oxygen atoms in total. The van der Waals surface area contributed by atoms with Gasteiger partial charge in [0, 0.05) is 12.6 Å². The van der Waals surface area contributed by atoms with Crippen LogP contribution >= 0.6 is 0 Å². The Bertz CT molecular complexity index is 321. The molecule has 1 saturated carbocycles. The Kier molecular flexibility index (Phi) is 4.56. The van der Waals surface area contributed by atoms with E-state index in [0.717, 1.165) is 12.8 Å². The summed E-state index contributed by atoms with van der Waals surface area (Å²) in [5.74, 6) is -1.05. The van der Waals surface area contributed by atoms with Gasteiger partial charge in [0.15, 0.2) is 0 Å². The zero-order valence-corrected chi connectivity index (χ0v) is 11.1. The van der Waals surface area contributed by atoms with Crippen molar-refractivity contribution in [2.45, 2.75) is 45.7 Å². The van der Waals surface area contributed by atoms with Gasteiger partial charge in [-0.2, -0.15) is 0 Å². The highest BCUT2D eigenvalue weighted by Crippen LogP contribution is 2.27. The Hall–Kier alpha value is -1.30. The first kappa shape index (κ1) is 14.8. The predicted molar refractivity (Wildman–Crippen MR) is 66.2 cm³/mol. The van der Waals surface area contributed by atoms with E-state index >= 15 is 0 Å². The monoisotopic (exact) mass is 258 g/mol. The molecular weight excluding hydrogens is 236 g/mol. The molecule has 1 aliphatic carbocycles. The molecule has 0 aromatic rings. The second kappa shape index (κ2) is 5.56. The summed E-state index contributed by atoms with van der Waals surface area (Å²) in [6, 6.07) is -1.20. The van der Waals surface area contributed by atoms with Crippen LogP contribution in [-0.2, 0) is 4.79 Å². The van der Waals surface area contributed by atoms with Gasteiger partial charge in [-0.05, 0) is 18.3 Å². The molecule has 0 aliphatic heterocycles. The molecule has 0 heterocycles. The number of aliphatic hydroxyl groups is 1. The molecule has 0 aromatic heterocycles. The molecule has 3 N–H and O–H groups in total. The van der Waals surface area contributed by atoms with Gasteiger partial charge in [-0.15, -0.1) is 0 Å². The number of carbonyl (C=O) groups excluding carboxylic acids is 1. The van der Waals surface area contributed by atoms with Gasteiger partial charge >= 0.3 is 12.0 Å². The molecule has 1 atom stereocenters. The lowest BCUT2D eigenvalue weighted by Gasteiger charge is -2.31. The number of nitrogens with one attached hydrogen (secondary N) is 1. The van der Waals surface area contributed by atoms with Crippen molar-refractivity contribution >= 4 is 12.0 Å². The van der Waals surface area contributed by atoms with Crippen LogP contribution in [0, 0.1) is 5.41 Å². The standard InChI is InChI=1S/C12H22N2O4/c1-12(2,3)9(10(16)17)13-11(18)14(6-7-15)8-4-5-8/h8-9,15H,4-7H2,1-3H3,(H,13,18)(H,16,17). The summed E-state index contributed by atoms with van der Waals surface area (Å²) < 4.78 is 0. The van der Waals surface area contributed by atoms with E-state index in [2.05, 4.69) is 5.32 Å². The van der Waals surface area contributed by atoms with E-state index < -0.39 is 23.5 Å². The van der Waals surface area contributed by atoms with E-state index in [4.69, 9.17) is 10.2 Å². The number of hydrogen-bond donors (Lipinski definition) is 3. The van der Waals surface area contributed by atoms with Gasteiger partial charge < -0.3 is 20.4 Å². The molecular formula is C12H22N2O4. The van der Waals surface area contributed by atoms with Crippen LogP contribution in [0.3, 0.4) is 0 Å². The van der Waals surface area contributed by atoms with E-state index in [1.165, 1.54) is 4.90 Å². The second-order valence-corrected chi connectivity index (χ2v) is 5.73. The van der Waals surface area contributed by atoms with Gasteiger partial charge in [-0.25, -0.2) is 9.59 Å². The third-order valence-corrected chi connectivity index (χ3v) is 2.97. The number of hydrogen-bond acceptors (Lipinski definition) is 3. The second-order valence-electron chi connectivity index (χ2n) is 5.73. The van der Waals surface area contributed by atoms with Gasteiger partial charge in [-0.3, -0.25) is 0 Å². The summed E-state index contributed by atoms with van der Waals surface area (Å²) in [5, 5.41) is 20.6. The zero-order valence-electron chi connectivity index (χ0n) is 11.1. The number of carboxylic acid groups (broad SMARTS) is 1. The first-order valence-corrected chi connectivity index (χ1v) is 6.18. The Labute approximate surface area is 107 Å². The molecule has 0 saturated heterocycles. The number of aliphatic carboxylic acids is 1. The van der Waals surface area contributed by atoms with Crippen LogP contribution in [0.15, 0.2) is 0 Å². The van der Waals surface area contributed by atoms with Crippen molar-refractivity contribution in [1.29, 1.82) is 0 Å². The maximum Gasteiger partial charge on any atom is 0.326 e. The van der Waals surface area contributed by atoms with Crippen LogP contribution in [0.2, 0.25) is 0 Å². The van der Waals surface area contributed by atoms with Crippen LogP contribution in [0.1, 0.15) is 33.6 Å². The van der Waals surface area contributed by atoms with Crippen molar-refractivity contribution in [3.63, 3.8) is 0 Å². The summed E-state index contributed by atoms with van der Waals surface area (Å²) >= 11 is 0. The highest BCUT2D eigenvalue weighted by molar-refractivity contribution is 5.83. The van der Waals surface area contributed by atoms with E-state index in [9.17, 15) is 9.59 Å². The molecule has 2 amide bonds. The smallest absolute Gasteiger partial charge is 0.326 e. The normalized spacial score (nSPS) is 17.1. The lowest BCUT2D eigenvalue weighted by molar-refractivity contribution is -0.142. The average molecular weight is 258 g/mol. The van der Waals surface area contributed by atoms with E-state index in [0.29, 0.717) is 0 Å². The van der Waals surface area contributed by atoms with E-state index in [1.807, 2.05) is 0 Å². The Morgan fingerprint density at radius 2 is 1.94 bits per heavy atom. The summed E-state index contributed by atoms with van der Waals surface area (Å²) in [6.45, 7) is 5.42. The fraction of sp³-hybridized carbons (Fsp3) is 0.833. The zero-order chi connectivity index (χ0) is 13.9. The van der Waals surface area contributed by atoms with Crippen molar-refractivity contribution in [3.05, 3.63) is 0 Å². The number of carbonyl (C=O) groups is 2. The van der Waals surface area contributed by atoms with Crippen molar-refractivity contribution in [3.8, 4) is 0 Å². The number of rotatable bonds is 5. The molecule has 18 heavy (non-hydrogen) atoms. The van der Waals surface area contributed by atoms with Gasteiger partial charge in [0.2, 0.25) is 0 Å². The fourth-order valence-electron chi connectivity index (χ4n) is 1.80.